The van der Waals surface area contributed by atoms with Gasteiger partial charge in [-0.3, -0.25) is 19.1 Å². The van der Waals surface area contributed by atoms with Gasteiger partial charge in [0.25, 0.3) is 11.5 Å². The largest absolute Gasteiger partial charge is 0.502 e. The average molecular weight is 413 g/mol. The van der Waals surface area contributed by atoms with Gasteiger partial charge in [0.2, 0.25) is 0 Å². The van der Waals surface area contributed by atoms with Crippen molar-refractivity contribution in [1.29, 1.82) is 0 Å². The van der Waals surface area contributed by atoms with Crippen LogP contribution in [-0.2, 0) is 28.5 Å². The lowest BCUT2D eigenvalue weighted by Gasteiger charge is -2.20. The highest BCUT2D eigenvalue weighted by molar-refractivity contribution is 5.87. The van der Waals surface area contributed by atoms with Gasteiger partial charge < -0.3 is 29.4 Å². The van der Waals surface area contributed by atoms with E-state index in [1.165, 1.54) is 14.2 Å². The van der Waals surface area contributed by atoms with Crippen molar-refractivity contribution in [3.05, 3.63) is 45.4 Å². The smallest absolute Gasteiger partial charge is 0.330 e. The number of H-pyrrole nitrogens is 1. The van der Waals surface area contributed by atoms with Crippen molar-refractivity contribution in [2.45, 2.75) is 37.0 Å². The molecule has 0 aliphatic carbocycles. The molecule has 2 heterocycles. The Morgan fingerprint density at radius 3 is 2.59 bits per heavy atom. The van der Waals surface area contributed by atoms with E-state index < -0.39 is 53.7 Å². The van der Waals surface area contributed by atoms with Crippen LogP contribution in [0.25, 0.3) is 0 Å². The Morgan fingerprint density at radius 2 is 2.03 bits per heavy atom. The third kappa shape index (κ3) is 4.91. The van der Waals surface area contributed by atoms with Crippen molar-refractivity contribution in [2.75, 3.05) is 21.3 Å². The molecule has 0 radical (unpaired) electrons. The molecule has 1 fully saturated rings. The van der Waals surface area contributed by atoms with Crippen LogP contribution >= 0.6 is 0 Å². The maximum absolute atomic E-state index is 12.7. The van der Waals surface area contributed by atoms with Crippen molar-refractivity contribution in [3.8, 4) is 0 Å². The number of nitrogens with one attached hydrogen (secondary N) is 2. The first kappa shape index (κ1) is 22.3. The van der Waals surface area contributed by atoms with Crippen molar-refractivity contribution < 1.29 is 33.6 Å². The van der Waals surface area contributed by atoms with Gasteiger partial charge in [0.15, 0.2) is 12.3 Å². The highest BCUT2D eigenvalue weighted by Gasteiger charge is 2.49. The van der Waals surface area contributed by atoms with Gasteiger partial charge in [-0.1, -0.05) is 6.58 Å². The number of esters is 1. The zero-order valence-corrected chi connectivity index (χ0v) is 16.1. The Balaban J connectivity index is 2.23. The third-order valence-corrected chi connectivity index (χ3v) is 4.39. The van der Waals surface area contributed by atoms with Gasteiger partial charge in [-0.25, -0.2) is 9.59 Å². The Bertz CT molecular complexity index is 877. The van der Waals surface area contributed by atoms with Gasteiger partial charge in [-0.15, -0.1) is 0 Å². The minimum atomic E-state index is -1.47. The molecule has 12 nitrogen and oxygen atoms in total. The number of aromatic nitrogens is 2. The van der Waals surface area contributed by atoms with Gasteiger partial charge in [-0.2, -0.15) is 0 Å². The van der Waals surface area contributed by atoms with E-state index in [2.05, 4.69) is 21.6 Å². The molecule has 12 heteroatoms. The number of amides is 1. The van der Waals surface area contributed by atoms with E-state index in [0.717, 1.165) is 23.9 Å². The van der Waals surface area contributed by atoms with Crippen molar-refractivity contribution >= 4 is 11.9 Å². The molecule has 2 unspecified atom stereocenters. The normalized spacial score (nSPS) is 24.6. The van der Waals surface area contributed by atoms with Crippen molar-refractivity contribution in [2.24, 2.45) is 0 Å². The average Bonchev–Trinajstić information content (AvgIpc) is 3.02. The molecule has 2 rings (SSSR count). The molecule has 0 saturated carbocycles. The predicted octanol–water partition coefficient (Wildman–Crippen LogP) is -1.98. The molecule has 1 amide bonds. The van der Waals surface area contributed by atoms with E-state index in [1.807, 2.05) is 0 Å². The second-order valence-electron chi connectivity index (χ2n) is 6.19. The third-order valence-electron chi connectivity index (χ3n) is 4.39. The summed E-state index contributed by atoms with van der Waals surface area (Å²) in [5.74, 6) is -1.36. The van der Waals surface area contributed by atoms with Gasteiger partial charge in [0.1, 0.15) is 18.2 Å². The molecule has 3 N–H and O–H groups in total. The molecule has 1 aromatic heterocycles. The van der Waals surface area contributed by atoms with Crippen LogP contribution in [-0.4, -0.2) is 72.2 Å². The van der Waals surface area contributed by atoms with Gasteiger partial charge in [0, 0.05) is 25.8 Å². The Hall–Kier alpha value is -2.96. The maximum atomic E-state index is 12.7. The lowest BCUT2D eigenvalue weighted by molar-refractivity contribution is -0.148. The van der Waals surface area contributed by atoms with Crippen LogP contribution in [0.1, 0.15) is 12.6 Å². The first-order valence-corrected chi connectivity index (χ1v) is 8.51. The highest BCUT2D eigenvalue weighted by Crippen LogP contribution is 2.30. The Kier molecular flexibility index (Phi) is 7.31. The number of carbonyl (C=O) groups is 2. The number of ether oxygens (including phenoxy) is 4. The van der Waals surface area contributed by atoms with Crippen LogP contribution < -0.4 is 16.6 Å². The number of nitrogens with zero attached hydrogens (tertiary/aromatic N) is 1. The molecule has 1 saturated heterocycles. The summed E-state index contributed by atoms with van der Waals surface area (Å²) in [4.78, 5) is 49.9. The van der Waals surface area contributed by atoms with Crippen LogP contribution in [0.4, 0.5) is 0 Å². The summed E-state index contributed by atoms with van der Waals surface area (Å²) < 4.78 is 21.3. The SMILES string of the molecule is C=C(C[C@@H](NC(=O)[C@H]1O[C@@H](n2ccc(=O)[nH]c2=O)C(OC)C1O)C(=O)OC)OC. The second kappa shape index (κ2) is 9.49. The van der Waals surface area contributed by atoms with E-state index in [-0.39, 0.29) is 12.2 Å². The lowest BCUT2D eigenvalue weighted by Crippen LogP contribution is -2.49. The molecule has 1 aromatic rings. The maximum Gasteiger partial charge on any atom is 0.330 e. The zero-order valence-electron chi connectivity index (χ0n) is 16.1. The van der Waals surface area contributed by atoms with Crippen LogP contribution in [0, 0.1) is 0 Å². The number of methoxy groups -OCH3 is 3. The standard InChI is InChI=1S/C17H23N3O9/c1-8(26-2)7-9(16(24)28-4)18-14(23)12-11(22)13(27-3)15(29-12)20-6-5-10(21)19-17(20)25/h5-6,9,11-13,15,22H,1,7H2,2-4H3,(H,18,23)(H,19,21,25)/t9-,11?,12+,13?,15-/m1/s1. The lowest BCUT2D eigenvalue weighted by atomic mass is 10.1. The van der Waals surface area contributed by atoms with Crippen LogP contribution in [0.15, 0.2) is 34.2 Å². The van der Waals surface area contributed by atoms with E-state index in [9.17, 15) is 24.3 Å². The van der Waals surface area contributed by atoms with E-state index in [0.29, 0.717) is 0 Å². The number of aliphatic hydroxyl groups is 1. The van der Waals surface area contributed by atoms with E-state index >= 15 is 0 Å². The summed E-state index contributed by atoms with van der Waals surface area (Å²) in [6.45, 7) is 3.59. The van der Waals surface area contributed by atoms with Gasteiger partial charge >= 0.3 is 11.7 Å². The topological polar surface area (TPSA) is 158 Å². The summed E-state index contributed by atoms with van der Waals surface area (Å²) in [7, 11) is 3.77. The fraction of sp³-hybridized carbons (Fsp3) is 0.529. The van der Waals surface area contributed by atoms with Crippen molar-refractivity contribution in [3.63, 3.8) is 0 Å². The Labute approximate surface area is 165 Å². The van der Waals surface area contributed by atoms with Crippen LogP contribution in [0.5, 0.6) is 0 Å². The number of carbonyl (C=O) groups excluding carboxylic acids is 2. The molecule has 1 aliphatic heterocycles. The van der Waals surface area contributed by atoms with E-state index in [4.69, 9.17) is 14.2 Å². The number of hydrogen-bond acceptors (Lipinski definition) is 9. The molecule has 5 atom stereocenters. The first-order chi connectivity index (χ1) is 13.7. The first-order valence-electron chi connectivity index (χ1n) is 8.51. The van der Waals surface area contributed by atoms with E-state index in [1.54, 1.807) is 0 Å². The molecular weight excluding hydrogens is 390 g/mol. The highest BCUT2D eigenvalue weighted by atomic mass is 16.6. The minimum Gasteiger partial charge on any atom is -0.502 e. The quantitative estimate of drug-likeness (QED) is 0.324. The molecule has 29 heavy (non-hydrogen) atoms. The summed E-state index contributed by atoms with van der Waals surface area (Å²) in [5, 5.41) is 12.9. The summed E-state index contributed by atoms with van der Waals surface area (Å²) in [6.07, 6.45) is -4.13. The molecule has 0 bridgehead atoms. The second-order valence-corrected chi connectivity index (χ2v) is 6.19. The monoisotopic (exact) mass is 413 g/mol. The fourth-order valence-electron chi connectivity index (χ4n) is 2.87. The fourth-order valence-corrected chi connectivity index (χ4v) is 2.87. The number of hydrogen-bond donors (Lipinski definition) is 3. The molecular formula is C17H23N3O9. The molecule has 0 spiro atoms. The number of aromatic amines is 1. The Morgan fingerprint density at radius 1 is 1.34 bits per heavy atom. The number of rotatable bonds is 8. The molecule has 1 aliphatic rings. The van der Waals surface area contributed by atoms with Gasteiger partial charge in [0.05, 0.1) is 20.0 Å². The molecule has 160 valence electrons. The predicted molar refractivity (Wildman–Crippen MR) is 96.7 cm³/mol. The zero-order chi connectivity index (χ0) is 21.7. The summed E-state index contributed by atoms with van der Waals surface area (Å²) in [5.41, 5.74) is -1.42. The molecule has 0 aromatic carbocycles. The van der Waals surface area contributed by atoms with Crippen LogP contribution in [0.3, 0.4) is 0 Å². The summed E-state index contributed by atoms with van der Waals surface area (Å²) >= 11 is 0. The number of aliphatic hydroxyl groups excluding tert-OH is 1. The van der Waals surface area contributed by atoms with Crippen molar-refractivity contribution in [1.82, 2.24) is 14.9 Å². The van der Waals surface area contributed by atoms with Gasteiger partial charge in [-0.05, 0) is 0 Å². The minimum absolute atomic E-state index is 0.0613. The summed E-state index contributed by atoms with van der Waals surface area (Å²) in [6, 6.07) is -0.0485. The van der Waals surface area contributed by atoms with Crippen LogP contribution in [0.2, 0.25) is 0 Å².